The number of hydrogen-bond acceptors (Lipinski definition) is 5. The molecule has 0 aliphatic carbocycles. The van der Waals surface area contributed by atoms with Gasteiger partial charge in [0.15, 0.2) is 6.29 Å². The third-order valence-corrected chi connectivity index (χ3v) is 2.94. The molecule has 0 unspecified atom stereocenters. The van der Waals surface area contributed by atoms with Crippen molar-refractivity contribution in [1.82, 2.24) is 9.78 Å². The summed E-state index contributed by atoms with van der Waals surface area (Å²) in [5.41, 5.74) is 7.41. The number of ether oxygens (including phenoxy) is 1. The fourth-order valence-electron chi connectivity index (χ4n) is 1.92. The van der Waals surface area contributed by atoms with E-state index < -0.39 is 5.97 Å². The number of esters is 1. The first-order valence-corrected chi connectivity index (χ1v) is 6.69. The SMILES string of the molecule is CCCOC(=O)Cn1nc(-c2ccccc2)c(C=O)c1N. The Morgan fingerprint density at radius 1 is 1.38 bits per heavy atom. The molecule has 0 aliphatic heterocycles. The second-order valence-corrected chi connectivity index (χ2v) is 4.51. The molecular weight excluding hydrogens is 270 g/mol. The Morgan fingerprint density at radius 3 is 2.71 bits per heavy atom. The highest BCUT2D eigenvalue weighted by Gasteiger charge is 2.18. The molecular formula is C15H17N3O3. The van der Waals surface area contributed by atoms with Crippen molar-refractivity contribution in [3.8, 4) is 11.3 Å². The molecule has 0 saturated heterocycles. The molecule has 6 heteroatoms. The number of carbonyl (C=O) groups excluding carboxylic acids is 2. The number of rotatable bonds is 6. The van der Waals surface area contributed by atoms with E-state index in [0.717, 1.165) is 12.0 Å². The van der Waals surface area contributed by atoms with E-state index in [4.69, 9.17) is 10.5 Å². The van der Waals surface area contributed by atoms with Crippen LogP contribution in [0, 0.1) is 0 Å². The van der Waals surface area contributed by atoms with E-state index in [0.29, 0.717) is 18.6 Å². The molecule has 0 bridgehead atoms. The molecule has 0 spiro atoms. The maximum atomic E-state index is 11.6. The highest BCUT2D eigenvalue weighted by Crippen LogP contribution is 2.25. The molecule has 0 radical (unpaired) electrons. The zero-order chi connectivity index (χ0) is 15.2. The zero-order valence-electron chi connectivity index (χ0n) is 11.8. The van der Waals surface area contributed by atoms with Crippen molar-refractivity contribution < 1.29 is 14.3 Å². The van der Waals surface area contributed by atoms with E-state index >= 15 is 0 Å². The molecule has 1 aromatic carbocycles. The third-order valence-electron chi connectivity index (χ3n) is 2.94. The lowest BCUT2D eigenvalue weighted by Gasteiger charge is -2.04. The predicted octanol–water partition coefficient (Wildman–Crippen LogP) is 1.90. The van der Waals surface area contributed by atoms with Gasteiger partial charge in [0.25, 0.3) is 0 Å². The number of anilines is 1. The van der Waals surface area contributed by atoms with Gasteiger partial charge in [-0.05, 0) is 6.42 Å². The fraction of sp³-hybridized carbons (Fsp3) is 0.267. The summed E-state index contributed by atoms with van der Waals surface area (Å²) >= 11 is 0. The maximum absolute atomic E-state index is 11.6. The predicted molar refractivity (Wildman–Crippen MR) is 78.7 cm³/mol. The lowest BCUT2D eigenvalue weighted by atomic mass is 10.1. The second kappa shape index (κ2) is 6.69. The number of benzene rings is 1. The van der Waals surface area contributed by atoms with E-state index in [9.17, 15) is 9.59 Å². The van der Waals surface area contributed by atoms with Crippen molar-refractivity contribution in [3.05, 3.63) is 35.9 Å². The molecule has 1 aromatic heterocycles. The normalized spacial score (nSPS) is 10.3. The Balaban J connectivity index is 2.30. The summed E-state index contributed by atoms with van der Waals surface area (Å²) in [5.74, 6) is -0.264. The highest BCUT2D eigenvalue weighted by molar-refractivity contribution is 5.91. The highest BCUT2D eigenvalue weighted by atomic mass is 16.5. The monoisotopic (exact) mass is 287 g/mol. The second-order valence-electron chi connectivity index (χ2n) is 4.51. The number of nitrogens with zero attached hydrogens (tertiary/aromatic N) is 2. The van der Waals surface area contributed by atoms with E-state index in [2.05, 4.69) is 5.10 Å². The average molecular weight is 287 g/mol. The number of aldehydes is 1. The van der Waals surface area contributed by atoms with E-state index in [-0.39, 0.29) is 17.9 Å². The molecule has 2 N–H and O–H groups in total. The van der Waals surface area contributed by atoms with Crippen LogP contribution in [0.5, 0.6) is 0 Å². The minimum Gasteiger partial charge on any atom is -0.464 e. The molecule has 1 heterocycles. The molecule has 2 rings (SSSR count). The van der Waals surface area contributed by atoms with Crippen LogP contribution >= 0.6 is 0 Å². The van der Waals surface area contributed by atoms with Gasteiger partial charge in [0, 0.05) is 5.56 Å². The van der Waals surface area contributed by atoms with Crippen molar-refractivity contribution >= 4 is 18.1 Å². The van der Waals surface area contributed by atoms with Gasteiger partial charge in [-0.15, -0.1) is 0 Å². The molecule has 0 saturated carbocycles. The van der Waals surface area contributed by atoms with Crippen molar-refractivity contribution in [1.29, 1.82) is 0 Å². The van der Waals surface area contributed by atoms with Crippen LogP contribution in [0.15, 0.2) is 30.3 Å². The molecule has 6 nitrogen and oxygen atoms in total. The minimum absolute atomic E-state index is 0.112. The van der Waals surface area contributed by atoms with Gasteiger partial charge in [-0.1, -0.05) is 37.3 Å². The van der Waals surface area contributed by atoms with Crippen LogP contribution in [0.3, 0.4) is 0 Å². The Bertz CT molecular complexity index is 635. The summed E-state index contributed by atoms with van der Waals surface area (Å²) in [6.07, 6.45) is 1.40. The van der Waals surface area contributed by atoms with E-state index in [1.54, 1.807) is 0 Å². The van der Waals surface area contributed by atoms with Crippen LogP contribution in [0.4, 0.5) is 5.82 Å². The summed E-state index contributed by atoms with van der Waals surface area (Å²) in [4.78, 5) is 22.9. The first-order chi connectivity index (χ1) is 10.2. The first-order valence-electron chi connectivity index (χ1n) is 6.69. The quantitative estimate of drug-likeness (QED) is 0.647. The number of nitrogens with two attached hydrogens (primary N) is 1. The van der Waals surface area contributed by atoms with Crippen LogP contribution in [-0.2, 0) is 16.1 Å². The Kier molecular flexibility index (Phi) is 4.71. The summed E-state index contributed by atoms with van der Waals surface area (Å²) in [6.45, 7) is 2.15. The Labute approximate surface area is 122 Å². The third kappa shape index (κ3) is 3.28. The Hall–Kier alpha value is -2.63. The van der Waals surface area contributed by atoms with E-state index in [1.165, 1.54) is 4.68 Å². The van der Waals surface area contributed by atoms with Gasteiger partial charge in [-0.25, -0.2) is 4.68 Å². The molecule has 0 aliphatic rings. The van der Waals surface area contributed by atoms with Gasteiger partial charge < -0.3 is 10.5 Å². The lowest BCUT2D eigenvalue weighted by molar-refractivity contribution is -0.144. The summed E-state index contributed by atoms with van der Waals surface area (Å²) in [7, 11) is 0. The van der Waals surface area contributed by atoms with Crippen LogP contribution < -0.4 is 5.73 Å². The molecule has 21 heavy (non-hydrogen) atoms. The lowest BCUT2D eigenvalue weighted by Crippen LogP contribution is -2.16. The van der Waals surface area contributed by atoms with Crippen molar-refractivity contribution in [2.75, 3.05) is 12.3 Å². The fourth-order valence-corrected chi connectivity index (χ4v) is 1.92. The number of aromatic nitrogens is 2. The number of carbonyl (C=O) groups is 2. The van der Waals surface area contributed by atoms with Gasteiger partial charge in [0.05, 0.1) is 12.2 Å². The van der Waals surface area contributed by atoms with Gasteiger partial charge in [0.2, 0.25) is 0 Å². The van der Waals surface area contributed by atoms with Crippen LogP contribution in [0.2, 0.25) is 0 Å². The minimum atomic E-state index is -0.428. The van der Waals surface area contributed by atoms with Crippen LogP contribution in [-0.4, -0.2) is 28.6 Å². The maximum Gasteiger partial charge on any atom is 0.327 e. The molecule has 110 valence electrons. The summed E-state index contributed by atoms with van der Waals surface area (Å²) in [6, 6.07) is 9.21. The van der Waals surface area contributed by atoms with Gasteiger partial charge in [-0.3, -0.25) is 9.59 Å². The standard InChI is InChI=1S/C15H17N3O3/c1-2-8-21-13(20)9-18-15(16)12(10-19)14(17-18)11-6-4-3-5-7-11/h3-7,10H,2,8-9,16H2,1H3. The molecule has 0 fully saturated rings. The first kappa shape index (κ1) is 14.8. The van der Waals surface area contributed by atoms with Crippen molar-refractivity contribution in [2.45, 2.75) is 19.9 Å². The molecule has 0 atom stereocenters. The smallest absolute Gasteiger partial charge is 0.327 e. The van der Waals surface area contributed by atoms with E-state index in [1.807, 2.05) is 37.3 Å². The largest absolute Gasteiger partial charge is 0.464 e. The van der Waals surface area contributed by atoms with Gasteiger partial charge in [0.1, 0.15) is 18.1 Å². The van der Waals surface area contributed by atoms with Gasteiger partial charge in [-0.2, -0.15) is 5.10 Å². The molecule has 2 aromatic rings. The van der Waals surface area contributed by atoms with Crippen molar-refractivity contribution in [3.63, 3.8) is 0 Å². The van der Waals surface area contributed by atoms with Gasteiger partial charge >= 0.3 is 5.97 Å². The summed E-state index contributed by atoms with van der Waals surface area (Å²) < 4.78 is 6.29. The Morgan fingerprint density at radius 2 is 2.10 bits per heavy atom. The summed E-state index contributed by atoms with van der Waals surface area (Å²) in [5, 5.41) is 4.26. The average Bonchev–Trinajstić information content (AvgIpc) is 2.82. The number of nitrogen functional groups attached to an aromatic ring is 1. The van der Waals surface area contributed by atoms with Crippen molar-refractivity contribution in [2.24, 2.45) is 0 Å². The zero-order valence-corrected chi connectivity index (χ0v) is 11.8. The van der Waals surface area contributed by atoms with Crippen LogP contribution in [0.25, 0.3) is 11.3 Å². The number of hydrogen-bond donors (Lipinski definition) is 1. The molecule has 0 amide bonds. The topological polar surface area (TPSA) is 87.2 Å². The van der Waals surface area contributed by atoms with Crippen LogP contribution in [0.1, 0.15) is 23.7 Å².